The van der Waals surface area contributed by atoms with Crippen molar-refractivity contribution >= 4 is 17.6 Å². The van der Waals surface area contributed by atoms with E-state index in [4.69, 9.17) is 16.3 Å². The van der Waals surface area contributed by atoms with E-state index >= 15 is 0 Å². The Morgan fingerprint density at radius 1 is 1.17 bits per heavy atom. The lowest BCUT2D eigenvalue weighted by Gasteiger charge is -2.26. The second-order valence-corrected chi connectivity index (χ2v) is 6.08. The molecule has 1 aromatic rings. The maximum absolute atomic E-state index is 5.89. The fraction of sp³-hybridized carbons (Fsp3) is 0.588. The van der Waals surface area contributed by atoms with E-state index in [1.165, 1.54) is 12.0 Å². The van der Waals surface area contributed by atoms with Crippen LogP contribution in [0.3, 0.4) is 0 Å². The van der Waals surface area contributed by atoms with Gasteiger partial charge >= 0.3 is 0 Å². The number of aliphatic imine (C=N–C) groups is 1. The van der Waals surface area contributed by atoms with Gasteiger partial charge in [-0.3, -0.25) is 9.89 Å². The van der Waals surface area contributed by atoms with E-state index in [1.54, 1.807) is 7.05 Å². The number of nitrogens with one attached hydrogen (secondary N) is 2. The monoisotopic (exact) mass is 338 g/mol. The van der Waals surface area contributed by atoms with Gasteiger partial charge in [0.2, 0.25) is 0 Å². The SMILES string of the molecule is CN=C(NCCCCN1CCOCC1)NCc1ccc(Cl)cc1. The Kier molecular flexibility index (Phi) is 8.21. The number of halogens is 1. The molecule has 1 fully saturated rings. The van der Waals surface area contributed by atoms with Crippen molar-refractivity contribution in [2.75, 3.05) is 46.4 Å². The van der Waals surface area contributed by atoms with Crippen molar-refractivity contribution in [1.29, 1.82) is 0 Å². The Hall–Kier alpha value is -1.30. The first kappa shape index (κ1) is 18.0. The van der Waals surface area contributed by atoms with E-state index in [9.17, 15) is 0 Å². The third kappa shape index (κ3) is 7.20. The molecule has 1 aliphatic rings. The lowest BCUT2D eigenvalue weighted by Crippen LogP contribution is -2.38. The Balaban J connectivity index is 1.56. The molecule has 0 saturated carbocycles. The van der Waals surface area contributed by atoms with Crippen molar-refractivity contribution in [2.45, 2.75) is 19.4 Å². The number of morpholine rings is 1. The van der Waals surface area contributed by atoms with Gasteiger partial charge in [0.05, 0.1) is 13.2 Å². The minimum atomic E-state index is 0.741. The third-order valence-corrected chi connectivity index (χ3v) is 4.15. The second-order valence-electron chi connectivity index (χ2n) is 5.64. The fourth-order valence-electron chi connectivity index (χ4n) is 2.50. The van der Waals surface area contributed by atoms with E-state index in [0.29, 0.717) is 0 Å². The van der Waals surface area contributed by atoms with E-state index in [1.807, 2.05) is 24.3 Å². The molecule has 1 saturated heterocycles. The quantitative estimate of drug-likeness (QED) is 0.454. The van der Waals surface area contributed by atoms with Gasteiger partial charge in [-0.2, -0.15) is 0 Å². The van der Waals surface area contributed by atoms with Crippen molar-refractivity contribution in [3.05, 3.63) is 34.9 Å². The molecule has 2 N–H and O–H groups in total. The molecular weight excluding hydrogens is 312 g/mol. The van der Waals surface area contributed by atoms with Gasteiger partial charge in [-0.25, -0.2) is 0 Å². The minimum absolute atomic E-state index is 0.741. The minimum Gasteiger partial charge on any atom is -0.379 e. The largest absolute Gasteiger partial charge is 0.379 e. The molecule has 2 rings (SSSR count). The van der Waals surface area contributed by atoms with Crippen LogP contribution < -0.4 is 10.6 Å². The van der Waals surface area contributed by atoms with Gasteiger partial charge in [0.1, 0.15) is 0 Å². The van der Waals surface area contributed by atoms with E-state index < -0.39 is 0 Å². The first-order valence-corrected chi connectivity index (χ1v) is 8.65. The van der Waals surface area contributed by atoms with E-state index in [-0.39, 0.29) is 0 Å². The molecule has 1 aliphatic heterocycles. The molecule has 23 heavy (non-hydrogen) atoms. The van der Waals surface area contributed by atoms with Crippen LogP contribution in [0.5, 0.6) is 0 Å². The van der Waals surface area contributed by atoms with Crippen LogP contribution in [-0.4, -0.2) is 57.3 Å². The van der Waals surface area contributed by atoms with Crippen LogP contribution in [0.15, 0.2) is 29.3 Å². The summed E-state index contributed by atoms with van der Waals surface area (Å²) >= 11 is 5.89. The fourth-order valence-corrected chi connectivity index (χ4v) is 2.63. The summed E-state index contributed by atoms with van der Waals surface area (Å²) in [5, 5.41) is 7.43. The standard InChI is InChI=1S/C17H27ClN4O/c1-19-17(21-14-15-4-6-16(18)7-5-15)20-8-2-3-9-22-10-12-23-13-11-22/h4-7H,2-3,8-14H2,1H3,(H2,19,20,21). The van der Waals surface area contributed by atoms with Crippen LogP contribution in [0.25, 0.3) is 0 Å². The Morgan fingerprint density at radius 3 is 2.61 bits per heavy atom. The maximum Gasteiger partial charge on any atom is 0.191 e. The number of guanidine groups is 1. The van der Waals surface area contributed by atoms with Crippen molar-refractivity contribution in [1.82, 2.24) is 15.5 Å². The molecule has 0 amide bonds. The number of nitrogens with zero attached hydrogens (tertiary/aromatic N) is 2. The summed E-state index contributed by atoms with van der Waals surface area (Å²) < 4.78 is 5.36. The van der Waals surface area contributed by atoms with Crippen LogP contribution in [-0.2, 0) is 11.3 Å². The Labute approximate surface area is 144 Å². The Morgan fingerprint density at radius 2 is 1.91 bits per heavy atom. The lowest BCUT2D eigenvalue weighted by molar-refractivity contribution is 0.0372. The summed E-state index contributed by atoms with van der Waals surface area (Å²) in [6.45, 7) is 6.71. The summed E-state index contributed by atoms with van der Waals surface area (Å²) in [5.41, 5.74) is 1.18. The molecule has 0 aliphatic carbocycles. The molecule has 0 aromatic heterocycles. The molecular formula is C17H27ClN4O. The molecule has 0 unspecified atom stereocenters. The highest BCUT2D eigenvalue weighted by Crippen LogP contribution is 2.09. The molecule has 6 heteroatoms. The van der Waals surface area contributed by atoms with Gasteiger partial charge in [0.15, 0.2) is 5.96 Å². The van der Waals surface area contributed by atoms with Crippen LogP contribution in [0, 0.1) is 0 Å². The van der Waals surface area contributed by atoms with E-state index in [2.05, 4.69) is 20.5 Å². The lowest BCUT2D eigenvalue weighted by atomic mass is 10.2. The first-order chi connectivity index (χ1) is 11.3. The van der Waals surface area contributed by atoms with Crippen LogP contribution >= 0.6 is 11.6 Å². The smallest absolute Gasteiger partial charge is 0.191 e. The molecule has 1 aromatic carbocycles. The number of hydrogen-bond donors (Lipinski definition) is 2. The normalized spacial score (nSPS) is 16.3. The van der Waals surface area contributed by atoms with Crippen molar-refractivity contribution in [2.24, 2.45) is 4.99 Å². The van der Waals surface area contributed by atoms with E-state index in [0.717, 1.165) is 63.3 Å². The number of unbranched alkanes of at least 4 members (excludes halogenated alkanes) is 1. The second kappa shape index (κ2) is 10.5. The summed E-state index contributed by atoms with van der Waals surface area (Å²) in [7, 11) is 1.80. The average molecular weight is 339 g/mol. The Bertz CT molecular complexity index is 472. The molecule has 0 spiro atoms. The first-order valence-electron chi connectivity index (χ1n) is 8.27. The highest BCUT2D eigenvalue weighted by atomic mass is 35.5. The number of ether oxygens (including phenoxy) is 1. The number of benzene rings is 1. The van der Waals surface area contributed by atoms with Crippen LogP contribution in [0.2, 0.25) is 5.02 Å². The number of rotatable bonds is 7. The summed E-state index contributed by atoms with van der Waals surface area (Å²) in [4.78, 5) is 6.72. The van der Waals surface area contributed by atoms with Gasteiger partial charge in [-0.05, 0) is 37.1 Å². The molecule has 0 bridgehead atoms. The zero-order chi connectivity index (χ0) is 16.3. The third-order valence-electron chi connectivity index (χ3n) is 3.89. The molecule has 5 nitrogen and oxygen atoms in total. The summed E-state index contributed by atoms with van der Waals surface area (Å²) in [5.74, 6) is 0.839. The van der Waals surface area contributed by atoms with Crippen molar-refractivity contribution < 1.29 is 4.74 Å². The highest BCUT2D eigenvalue weighted by molar-refractivity contribution is 6.30. The topological polar surface area (TPSA) is 48.9 Å². The van der Waals surface area contributed by atoms with Gasteiger partial charge in [-0.1, -0.05) is 23.7 Å². The van der Waals surface area contributed by atoms with Crippen molar-refractivity contribution in [3.63, 3.8) is 0 Å². The zero-order valence-electron chi connectivity index (χ0n) is 13.9. The molecule has 128 valence electrons. The highest BCUT2D eigenvalue weighted by Gasteiger charge is 2.09. The molecule has 0 radical (unpaired) electrons. The van der Waals surface area contributed by atoms with Crippen LogP contribution in [0.1, 0.15) is 18.4 Å². The van der Waals surface area contributed by atoms with Gasteiger partial charge in [0.25, 0.3) is 0 Å². The predicted molar refractivity (Wildman–Crippen MR) is 96.1 cm³/mol. The zero-order valence-corrected chi connectivity index (χ0v) is 14.6. The number of hydrogen-bond acceptors (Lipinski definition) is 3. The molecule has 1 heterocycles. The van der Waals surface area contributed by atoms with Gasteiger partial charge in [0, 0.05) is 38.2 Å². The van der Waals surface area contributed by atoms with Gasteiger partial charge in [-0.15, -0.1) is 0 Å². The molecule has 0 atom stereocenters. The average Bonchev–Trinajstić information content (AvgIpc) is 2.59. The predicted octanol–water partition coefficient (Wildman–Crippen LogP) is 2.12. The van der Waals surface area contributed by atoms with Crippen molar-refractivity contribution in [3.8, 4) is 0 Å². The maximum atomic E-state index is 5.89. The summed E-state index contributed by atoms with van der Waals surface area (Å²) in [6.07, 6.45) is 2.33. The van der Waals surface area contributed by atoms with Crippen LogP contribution in [0.4, 0.5) is 0 Å². The van der Waals surface area contributed by atoms with Gasteiger partial charge < -0.3 is 15.4 Å². The summed E-state index contributed by atoms with van der Waals surface area (Å²) in [6, 6.07) is 7.84.